The van der Waals surface area contributed by atoms with Crippen molar-refractivity contribution in [1.82, 2.24) is 0 Å². The van der Waals surface area contributed by atoms with Gasteiger partial charge in [-0.05, 0) is 24.8 Å². The highest BCUT2D eigenvalue weighted by Gasteiger charge is 2.50. The van der Waals surface area contributed by atoms with Gasteiger partial charge >= 0.3 is 5.97 Å². The van der Waals surface area contributed by atoms with Gasteiger partial charge in [0.1, 0.15) is 5.41 Å². The Morgan fingerprint density at radius 2 is 2.19 bits per heavy atom. The molecule has 0 aromatic rings. The lowest BCUT2D eigenvalue weighted by atomic mass is 9.71. The Hall–Kier alpha value is -1.79. The van der Waals surface area contributed by atoms with Gasteiger partial charge in [0.25, 0.3) is 0 Å². The zero-order chi connectivity index (χ0) is 12.3. The molecule has 1 saturated carbocycles. The van der Waals surface area contributed by atoms with E-state index in [9.17, 15) is 14.7 Å². The lowest BCUT2D eigenvalue weighted by Crippen LogP contribution is -2.51. The minimum Gasteiger partial charge on any atom is -0.480 e. The normalized spacial score (nSPS) is 33.8. The molecule has 1 amide bonds. The van der Waals surface area contributed by atoms with Crippen LogP contribution in [0.15, 0.2) is 5.11 Å². The topological polar surface area (TPSA) is 149 Å². The van der Waals surface area contributed by atoms with Gasteiger partial charge in [0.2, 0.25) is 5.91 Å². The van der Waals surface area contributed by atoms with E-state index in [-0.39, 0.29) is 19.3 Å². The first-order valence-electron chi connectivity index (χ1n) is 4.69. The number of rotatable bonds is 3. The average Bonchev–Trinajstić information content (AvgIpc) is 2.20. The summed E-state index contributed by atoms with van der Waals surface area (Å²) in [5, 5.41) is 21.9. The van der Waals surface area contributed by atoms with Crippen LogP contribution in [-0.4, -0.2) is 34.2 Å². The quantitative estimate of drug-likeness (QED) is 0.264. The van der Waals surface area contributed by atoms with Gasteiger partial charge in [0.15, 0.2) is 0 Å². The number of aliphatic hydroxyl groups excluding tert-OH is 1. The Morgan fingerprint density at radius 1 is 1.56 bits per heavy atom. The number of aliphatic carboxylic acids is 1. The maximum Gasteiger partial charge on any atom is 0.319 e. The fourth-order valence-electron chi connectivity index (χ4n) is 1.91. The highest BCUT2D eigenvalue weighted by Crippen LogP contribution is 2.37. The average molecular weight is 228 g/mol. The first-order chi connectivity index (χ1) is 7.44. The van der Waals surface area contributed by atoms with Crippen LogP contribution in [0, 0.1) is 5.41 Å². The van der Waals surface area contributed by atoms with Gasteiger partial charge in [0.05, 0.1) is 12.1 Å². The van der Waals surface area contributed by atoms with Crippen molar-refractivity contribution < 1.29 is 19.8 Å². The van der Waals surface area contributed by atoms with Crippen molar-refractivity contribution in [3.05, 3.63) is 10.4 Å². The minimum atomic E-state index is -1.75. The Labute approximate surface area is 90.7 Å². The van der Waals surface area contributed by atoms with Gasteiger partial charge in [-0.3, -0.25) is 9.59 Å². The van der Waals surface area contributed by atoms with Gasteiger partial charge < -0.3 is 15.9 Å². The Kier molecular flexibility index (Phi) is 3.36. The van der Waals surface area contributed by atoms with E-state index in [0.717, 1.165) is 0 Å². The molecule has 8 nitrogen and oxygen atoms in total. The first kappa shape index (κ1) is 12.3. The van der Waals surface area contributed by atoms with Gasteiger partial charge in [-0.15, -0.1) is 0 Å². The van der Waals surface area contributed by atoms with E-state index in [1.165, 1.54) is 0 Å². The smallest absolute Gasteiger partial charge is 0.319 e. The minimum absolute atomic E-state index is 0.0294. The predicted octanol–water partition coefficient (Wildman–Crippen LogP) is -0.234. The zero-order valence-corrected chi connectivity index (χ0v) is 8.41. The van der Waals surface area contributed by atoms with Crippen LogP contribution in [0.1, 0.15) is 19.3 Å². The largest absolute Gasteiger partial charge is 0.480 e. The van der Waals surface area contributed by atoms with Crippen LogP contribution in [0.4, 0.5) is 0 Å². The molecule has 1 rings (SSSR count). The van der Waals surface area contributed by atoms with Crippen molar-refractivity contribution in [2.45, 2.75) is 31.4 Å². The van der Waals surface area contributed by atoms with E-state index in [4.69, 9.17) is 16.4 Å². The fraction of sp³-hybridized carbons (Fsp3) is 0.750. The van der Waals surface area contributed by atoms with Crippen molar-refractivity contribution in [2.75, 3.05) is 0 Å². The number of carboxylic acid groups (broad SMARTS) is 1. The van der Waals surface area contributed by atoms with Crippen molar-refractivity contribution in [1.29, 1.82) is 0 Å². The van der Waals surface area contributed by atoms with Crippen LogP contribution in [0.25, 0.3) is 10.4 Å². The molecule has 0 spiro atoms. The lowest BCUT2D eigenvalue weighted by molar-refractivity contribution is -0.160. The van der Waals surface area contributed by atoms with E-state index < -0.39 is 29.4 Å². The summed E-state index contributed by atoms with van der Waals surface area (Å²) in [6.07, 6.45) is -1.38. The summed E-state index contributed by atoms with van der Waals surface area (Å²) >= 11 is 0. The molecule has 0 aromatic heterocycles. The number of hydrogen-bond acceptors (Lipinski definition) is 4. The molecule has 1 fully saturated rings. The van der Waals surface area contributed by atoms with Crippen molar-refractivity contribution in [3.63, 3.8) is 0 Å². The highest BCUT2D eigenvalue weighted by atomic mass is 16.4. The fourth-order valence-corrected chi connectivity index (χ4v) is 1.91. The SMILES string of the molecule is [N-]=[N+]=N[C@@H]1CC[C@@](C(N)=O)(C(=O)O)C[C@H]1O. The van der Waals surface area contributed by atoms with Gasteiger partial charge in [0, 0.05) is 4.91 Å². The van der Waals surface area contributed by atoms with Gasteiger partial charge in [-0.1, -0.05) is 5.11 Å². The molecule has 8 heteroatoms. The van der Waals surface area contributed by atoms with E-state index in [0.29, 0.717) is 0 Å². The van der Waals surface area contributed by atoms with Gasteiger partial charge in [-0.2, -0.15) is 0 Å². The summed E-state index contributed by atoms with van der Waals surface area (Å²) in [6.45, 7) is 0. The molecule has 0 aromatic carbocycles. The first-order valence-corrected chi connectivity index (χ1v) is 4.69. The monoisotopic (exact) mass is 228 g/mol. The molecule has 16 heavy (non-hydrogen) atoms. The van der Waals surface area contributed by atoms with Crippen LogP contribution in [0.5, 0.6) is 0 Å². The Balaban J connectivity index is 2.93. The van der Waals surface area contributed by atoms with Gasteiger partial charge in [-0.25, -0.2) is 0 Å². The molecule has 1 aliphatic carbocycles. The summed E-state index contributed by atoms with van der Waals surface area (Å²) in [4.78, 5) is 24.7. The molecule has 0 aliphatic heterocycles. The number of azide groups is 1. The van der Waals surface area contributed by atoms with Crippen molar-refractivity contribution in [2.24, 2.45) is 16.3 Å². The second kappa shape index (κ2) is 4.38. The third kappa shape index (κ3) is 1.93. The molecule has 3 atom stereocenters. The lowest BCUT2D eigenvalue weighted by Gasteiger charge is -2.35. The van der Waals surface area contributed by atoms with Crippen LogP contribution in [0.3, 0.4) is 0 Å². The molecule has 0 heterocycles. The van der Waals surface area contributed by atoms with E-state index in [2.05, 4.69) is 10.0 Å². The molecule has 88 valence electrons. The van der Waals surface area contributed by atoms with Crippen LogP contribution < -0.4 is 5.73 Å². The molecule has 1 aliphatic rings. The Bertz CT molecular complexity index is 349. The highest BCUT2D eigenvalue weighted by molar-refractivity contribution is 6.01. The number of hydrogen-bond donors (Lipinski definition) is 3. The number of amides is 1. The number of aliphatic hydroxyl groups is 1. The molecular weight excluding hydrogens is 216 g/mol. The maximum absolute atomic E-state index is 11.2. The van der Waals surface area contributed by atoms with Crippen LogP contribution in [0.2, 0.25) is 0 Å². The van der Waals surface area contributed by atoms with Crippen LogP contribution >= 0.6 is 0 Å². The van der Waals surface area contributed by atoms with Crippen molar-refractivity contribution in [3.8, 4) is 0 Å². The third-order valence-electron chi connectivity index (χ3n) is 2.95. The summed E-state index contributed by atoms with van der Waals surface area (Å²) in [6, 6.07) is -0.697. The van der Waals surface area contributed by atoms with E-state index >= 15 is 0 Å². The Morgan fingerprint density at radius 3 is 2.56 bits per heavy atom. The van der Waals surface area contributed by atoms with Crippen molar-refractivity contribution >= 4 is 11.9 Å². The molecule has 0 bridgehead atoms. The van der Waals surface area contributed by atoms with Crippen LogP contribution in [-0.2, 0) is 9.59 Å². The summed E-state index contributed by atoms with van der Waals surface area (Å²) in [5.74, 6) is -2.32. The number of primary amides is 1. The molecule has 0 unspecified atom stereocenters. The zero-order valence-electron chi connectivity index (χ0n) is 8.41. The predicted molar refractivity (Wildman–Crippen MR) is 52.1 cm³/mol. The maximum atomic E-state index is 11.2. The molecule has 0 radical (unpaired) electrons. The van der Waals surface area contributed by atoms with E-state index in [1.807, 2.05) is 0 Å². The second-order valence-corrected chi connectivity index (χ2v) is 3.83. The number of carboxylic acids is 1. The molecule has 4 N–H and O–H groups in total. The second-order valence-electron chi connectivity index (χ2n) is 3.83. The molecular formula is C8H12N4O4. The summed E-state index contributed by atoms with van der Waals surface area (Å²) in [5.41, 5.74) is 11.5. The summed E-state index contributed by atoms with van der Waals surface area (Å²) < 4.78 is 0. The molecule has 0 saturated heterocycles. The number of carbonyl (C=O) groups excluding carboxylic acids is 1. The number of nitrogens with two attached hydrogens (primary N) is 1. The third-order valence-corrected chi connectivity index (χ3v) is 2.95. The number of carbonyl (C=O) groups is 2. The number of nitrogens with zero attached hydrogens (tertiary/aromatic N) is 3. The summed E-state index contributed by atoms with van der Waals surface area (Å²) in [7, 11) is 0. The van der Waals surface area contributed by atoms with E-state index in [1.54, 1.807) is 0 Å². The standard InChI is InChI=1S/C8H12N4O4/c9-6(14)8(7(15)16)2-1-4(11-12-10)5(13)3-8/h4-5,13H,1-3H2,(H2,9,14)(H,15,16)/t4-,5-,8-/m1/s1.